The topological polar surface area (TPSA) is 161 Å². The zero-order valence-electron chi connectivity index (χ0n) is 28.6. The maximum absolute atomic E-state index is 13.6. The molecule has 0 unspecified atom stereocenters. The van der Waals surface area contributed by atoms with Crippen LogP contribution in [0.5, 0.6) is 5.75 Å². The van der Waals surface area contributed by atoms with Gasteiger partial charge >= 0.3 is 5.97 Å². The molecule has 2 heterocycles. The van der Waals surface area contributed by atoms with Crippen molar-refractivity contribution in [1.82, 2.24) is 25.8 Å². The van der Waals surface area contributed by atoms with Crippen molar-refractivity contribution >= 4 is 35.0 Å². The molecule has 2 aromatic rings. The molecule has 1 fully saturated rings. The van der Waals surface area contributed by atoms with E-state index in [9.17, 15) is 29.4 Å². The van der Waals surface area contributed by atoms with Crippen molar-refractivity contribution in [2.24, 2.45) is 17.8 Å². The van der Waals surface area contributed by atoms with E-state index in [1.807, 2.05) is 34.7 Å². The van der Waals surface area contributed by atoms with E-state index in [0.717, 1.165) is 42.8 Å². The number of aromatic hydroxyl groups is 1. The van der Waals surface area contributed by atoms with Crippen LogP contribution in [0.1, 0.15) is 94.2 Å². The van der Waals surface area contributed by atoms with Gasteiger partial charge in [-0.05, 0) is 75.2 Å². The lowest BCUT2D eigenvalue weighted by Gasteiger charge is -2.34. The fraction of sp³-hybridized carbons (Fsp3) is 0.629. The first-order valence-electron chi connectivity index (χ1n) is 16.9. The number of amides is 3. The number of carbonyl (C=O) groups is 4. The van der Waals surface area contributed by atoms with Crippen LogP contribution in [0.25, 0.3) is 0 Å². The molecule has 1 aromatic carbocycles. The first-order valence-corrected chi connectivity index (χ1v) is 17.7. The number of piperidine rings is 1. The van der Waals surface area contributed by atoms with Crippen molar-refractivity contribution in [3.63, 3.8) is 0 Å². The third kappa shape index (κ3) is 11.6. The lowest BCUT2D eigenvalue weighted by atomic mass is 9.94. The summed E-state index contributed by atoms with van der Waals surface area (Å²) in [5, 5.41) is 30.7. The number of nitrogens with one attached hydrogen (secondary N) is 3. The summed E-state index contributed by atoms with van der Waals surface area (Å²) in [6.45, 7) is 10.6. The molecule has 1 saturated heterocycles. The molecule has 11 nitrogen and oxygen atoms in total. The van der Waals surface area contributed by atoms with Crippen LogP contribution in [0.4, 0.5) is 0 Å². The summed E-state index contributed by atoms with van der Waals surface area (Å²) in [7, 11) is 1.96. The summed E-state index contributed by atoms with van der Waals surface area (Å²) in [6.07, 6.45) is 5.44. The average molecular weight is 672 g/mol. The van der Waals surface area contributed by atoms with Crippen molar-refractivity contribution < 1.29 is 29.4 Å². The molecule has 6 atom stereocenters. The molecular weight excluding hydrogens is 618 g/mol. The zero-order valence-corrected chi connectivity index (χ0v) is 29.4. The Hall–Kier alpha value is -3.51. The number of aromatic nitrogens is 1. The minimum Gasteiger partial charge on any atom is -0.508 e. The van der Waals surface area contributed by atoms with E-state index in [1.165, 1.54) is 11.3 Å². The number of hydrogen-bond acceptors (Lipinski definition) is 8. The first kappa shape index (κ1) is 37.9. The number of carboxylic acids is 1. The summed E-state index contributed by atoms with van der Waals surface area (Å²) < 4.78 is 0. The monoisotopic (exact) mass is 671 g/mol. The second kappa shape index (κ2) is 18.1. The van der Waals surface area contributed by atoms with E-state index in [1.54, 1.807) is 36.6 Å². The molecule has 3 amide bonds. The molecule has 47 heavy (non-hydrogen) atoms. The maximum Gasteiger partial charge on any atom is 0.306 e. The van der Waals surface area contributed by atoms with Crippen LogP contribution >= 0.6 is 11.3 Å². The fourth-order valence-corrected chi connectivity index (χ4v) is 6.70. The molecule has 0 radical (unpaired) electrons. The molecule has 12 heteroatoms. The van der Waals surface area contributed by atoms with Gasteiger partial charge in [0.25, 0.3) is 5.91 Å². The fourth-order valence-electron chi connectivity index (χ4n) is 5.91. The number of carboxylic acid groups (broad SMARTS) is 1. The van der Waals surface area contributed by atoms with Crippen LogP contribution in [0, 0.1) is 17.8 Å². The number of thiazole rings is 1. The molecule has 1 aromatic heterocycles. The van der Waals surface area contributed by atoms with Gasteiger partial charge in [0, 0.05) is 23.9 Å². The Morgan fingerprint density at radius 3 is 2.36 bits per heavy atom. The van der Waals surface area contributed by atoms with E-state index in [2.05, 4.69) is 25.8 Å². The molecule has 5 N–H and O–H groups in total. The van der Waals surface area contributed by atoms with Crippen molar-refractivity contribution in [3.8, 4) is 5.75 Å². The number of phenols is 1. The number of nitrogens with zero attached hydrogens (tertiary/aromatic N) is 2. The number of likely N-dealkylation sites (N-methyl/N-ethyl adjacent to an activating group) is 1. The summed E-state index contributed by atoms with van der Waals surface area (Å²) in [6, 6.07) is 5.18. The Kier molecular flexibility index (Phi) is 14.6. The molecule has 1 aliphatic heterocycles. The zero-order chi connectivity index (χ0) is 34.7. The molecule has 1 aliphatic rings. The minimum absolute atomic E-state index is 0.0305. The second-order valence-corrected chi connectivity index (χ2v) is 14.3. The molecule has 0 bridgehead atoms. The van der Waals surface area contributed by atoms with Crippen LogP contribution in [0.15, 0.2) is 29.6 Å². The third-order valence-corrected chi connectivity index (χ3v) is 10.2. The van der Waals surface area contributed by atoms with Gasteiger partial charge in [0.2, 0.25) is 11.8 Å². The standard InChI is InChI=1S/C35H53N5O6S/c1-7-22(4)31(39-33(43)29-10-8-9-17-40(29)6)34(44)38-27(21(2)3)15-16-30-37-28(20-47-30)32(42)36-25(18-23(5)35(45)46)19-24-11-13-26(41)14-12-24/h11-14,20-23,25,27,29,31,41H,7-10,15-19H2,1-6H3,(H,36,42)(H,38,44)(H,39,43)(H,45,46)/t22-,23-,25+,27+,29+,31-/m0/s1. The highest BCUT2D eigenvalue weighted by atomic mass is 32.1. The van der Waals surface area contributed by atoms with E-state index in [4.69, 9.17) is 0 Å². The van der Waals surface area contributed by atoms with Gasteiger partial charge in [0.1, 0.15) is 17.5 Å². The number of carbonyl (C=O) groups excluding carboxylic acids is 3. The third-order valence-electron chi connectivity index (χ3n) is 9.27. The Bertz CT molecular complexity index is 1330. The Labute approximate surface area is 282 Å². The van der Waals surface area contributed by atoms with Gasteiger partial charge in [-0.25, -0.2) is 4.98 Å². The number of hydrogen-bond donors (Lipinski definition) is 5. The van der Waals surface area contributed by atoms with Crippen molar-refractivity contribution in [1.29, 1.82) is 0 Å². The molecule has 0 saturated carbocycles. The van der Waals surface area contributed by atoms with Gasteiger partial charge in [-0.3, -0.25) is 24.1 Å². The molecule has 3 rings (SSSR count). The van der Waals surface area contributed by atoms with Crippen molar-refractivity contribution in [2.75, 3.05) is 13.6 Å². The van der Waals surface area contributed by atoms with E-state index in [-0.39, 0.29) is 59.5 Å². The van der Waals surface area contributed by atoms with Gasteiger partial charge in [0.05, 0.1) is 17.0 Å². The largest absolute Gasteiger partial charge is 0.508 e. The van der Waals surface area contributed by atoms with Gasteiger partial charge < -0.3 is 26.2 Å². The van der Waals surface area contributed by atoms with Gasteiger partial charge in [0.15, 0.2) is 0 Å². The number of aryl methyl sites for hydroxylation is 1. The molecule has 0 aliphatic carbocycles. The second-order valence-electron chi connectivity index (χ2n) is 13.4. The van der Waals surface area contributed by atoms with Crippen LogP contribution in [0.3, 0.4) is 0 Å². The Balaban J connectivity index is 1.62. The number of benzene rings is 1. The van der Waals surface area contributed by atoms with E-state index in [0.29, 0.717) is 19.3 Å². The highest BCUT2D eigenvalue weighted by molar-refractivity contribution is 7.09. The van der Waals surface area contributed by atoms with Crippen molar-refractivity contribution in [2.45, 2.75) is 110 Å². The summed E-state index contributed by atoms with van der Waals surface area (Å²) >= 11 is 1.37. The van der Waals surface area contributed by atoms with E-state index >= 15 is 0 Å². The lowest BCUT2D eigenvalue weighted by molar-refractivity contribution is -0.141. The summed E-state index contributed by atoms with van der Waals surface area (Å²) in [5.74, 6) is -2.01. The maximum atomic E-state index is 13.6. The van der Waals surface area contributed by atoms with Crippen LogP contribution < -0.4 is 16.0 Å². The SMILES string of the molecule is CC[C@H](C)[C@H](NC(=O)[C@H]1CCCCN1C)C(=O)N[C@H](CCc1nc(C(=O)N[C@@H](Cc2ccc(O)cc2)C[C@H](C)C(=O)O)cs1)C(C)C. The minimum atomic E-state index is -0.938. The predicted molar refractivity (Wildman–Crippen MR) is 183 cm³/mol. The van der Waals surface area contributed by atoms with Gasteiger partial charge in [-0.1, -0.05) is 59.6 Å². The number of likely N-dealkylation sites (tertiary alicyclic amines) is 1. The summed E-state index contributed by atoms with van der Waals surface area (Å²) in [4.78, 5) is 58.1. The van der Waals surface area contributed by atoms with Crippen molar-refractivity contribution in [3.05, 3.63) is 45.9 Å². The average Bonchev–Trinajstić information content (AvgIpc) is 3.51. The van der Waals surface area contributed by atoms with E-state index < -0.39 is 24.0 Å². The smallest absolute Gasteiger partial charge is 0.306 e. The van der Waals surface area contributed by atoms with Crippen LogP contribution in [-0.4, -0.2) is 81.5 Å². The van der Waals surface area contributed by atoms with Crippen LogP contribution in [-0.2, 0) is 27.2 Å². The first-order chi connectivity index (χ1) is 22.3. The van der Waals surface area contributed by atoms with Crippen LogP contribution in [0.2, 0.25) is 0 Å². The predicted octanol–water partition coefficient (Wildman–Crippen LogP) is 4.39. The molecular formula is C35H53N5O6S. The Morgan fingerprint density at radius 2 is 1.74 bits per heavy atom. The highest BCUT2D eigenvalue weighted by Gasteiger charge is 2.33. The number of rotatable bonds is 17. The normalized spacial score (nSPS) is 18.5. The lowest BCUT2D eigenvalue weighted by Crippen LogP contribution is -2.57. The van der Waals surface area contributed by atoms with Gasteiger partial charge in [-0.15, -0.1) is 11.3 Å². The molecule has 260 valence electrons. The van der Waals surface area contributed by atoms with Gasteiger partial charge in [-0.2, -0.15) is 0 Å². The highest BCUT2D eigenvalue weighted by Crippen LogP contribution is 2.20. The summed E-state index contributed by atoms with van der Waals surface area (Å²) in [5.41, 5.74) is 1.13. The Morgan fingerprint density at radius 1 is 1.04 bits per heavy atom. The number of phenolic OH excluding ortho intramolecular Hbond substituents is 1. The quantitative estimate of drug-likeness (QED) is 0.166. The number of aliphatic carboxylic acids is 1. The molecule has 0 spiro atoms.